The molecule has 45 heavy (non-hydrogen) atoms. The minimum Gasteiger partial charge on any atom is -0.285 e. The van der Waals surface area contributed by atoms with E-state index >= 15 is 0 Å². The van der Waals surface area contributed by atoms with Crippen LogP contribution in [0.4, 0.5) is 22.7 Å². The maximum absolute atomic E-state index is 4.52. The van der Waals surface area contributed by atoms with Crippen LogP contribution in [-0.2, 0) is 5.41 Å². The summed E-state index contributed by atoms with van der Waals surface area (Å²) in [6.07, 6.45) is 0. The van der Waals surface area contributed by atoms with Gasteiger partial charge in [-0.2, -0.15) is 0 Å². The normalized spacial score (nSPS) is 15.7. The van der Waals surface area contributed by atoms with Crippen molar-refractivity contribution in [2.24, 2.45) is 41.4 Å². The summed E-state index contributed by atoms with van der Waals surface area (Å²) in [5.74, 6) is 0. The fourth-order valence-corrected chi connectivity index (χ4v) is 5.33. The van der Waals surface area contributed by atoms with Crippen LogP contribution in [0.5, 0.6) is 0 Å². The second-order valence-corrected chi connectivity index (χ2v) is 11.5. The van der Waals surface area contributed by atoms with Crippen LogP contribution < -0.4 is 0 Å². The minimum atomic E-state index is -0.730. The molecule has 0 atom stereocenters. The predicted molar refractivity (Wildman–Crippen MR) is 177 cm³/mol. The monoisotopic (exact) mass is 602 g/mol. The van der Waals surface area contributed by atoms with Gasteiger partial charge in [-0.1, -0.05) is 57.3 Å². The molecule has 4 aromatic rings. The molecule has 0 heterocycles. The molecule has 12 nitrogen and oxygen atoms in total. The first-order chi connectivity index (χ1) is 21.6. The SMILES string of the molecule is CN(C)N=Nc1ccc(C2(c3ccc(N=NN(C)C)cc3)c3cc(N=NN(C)C)ccc3-c3ccc(N=NN(C)C)cc32)cc1. The van der Waals surface area contributed by atoms with E-state index in [0.29, 0.717) is 0 Å². The van der Waals surface area contributed by atoms with Crippen molar-refractivity contribution in [1.29, 1.82) is 0 Å². The predicted octanol–water partition coefficient (Wildman–Crippen LogP) is 8.29. The van der Waals surface area contributed by atoms with Gasteiger partial charge in [-0.05, 0) is 81.9 Å². The molecule has 12 heteroatoms. The van der Waals surface area contributed by atoms with Gasteiger partial charge < -0.3 is 0 Å². The van der Waals surface area contributed by atoms with E-state index in [9.17, 15) is 0 Å². The molecule has 5 rings (SSSR count). The lowest BCUT2D eigenvalue weighted by Gasteiger charge is -2.34. The van der Waals surface area contributed by atoms with Gasteiger partial charge in [0.25, 0.3) is 0 Å². The van der Waals surface area contributed by atoms with Crippen molar-refractivity contribution >= 4 is 22.7 Å². The Morgan fingerprint density at radius 2 is 0.667 bits per heavy atom. The second-order valence-electron chi connectivity index (χ2n) is 11.5. The number of benzene rings is 4. The Morgan fingerprint density at radius 1 is 0.378 bits per heavy atom. The van der Waals surface area contributed by atoms with Crippen LogP contribution >= 0.6 is 0 Å². The molecule has 1 aliphatic carbocycles. The highest BCUT2D eigenvalue weighted by atomic mass is 15.5. The standard InChI is InChI=1S/C33H38N12/c1-42(2)38-34-25-13-9-23(10-14-25)33(24-11-15-26(16-12-24)35-39-43(3)4)31-21-27(36-40-44(5)6)17-19-29(31)30-20-18-28(22-32(30)33)37-41-45(7)8/h9-22H,1-8H3. The first-order valence-electron chi connectivity index (χ1n) is 14.4. The van der Waals surface area contributed by atoms with Gasteiger partial charge in [-0.3, -0.25) is 20.0 Å². The van der Waals surface area contributed by atoms with Gasteiger partial charge in [0.2, 0.25) is 0 Å². The van der Waals surface area contributed by atoms with E-state index in [1.165, 1.54) is 0 Å². The van der Waals surface area contributed by atoms with E-state index < -0.39 is 5.41 Å². The largest absolute Gasteiger partial charge is 0.285 e. The van der Waals surface area contributed by atoms with Crippen LogP contribution in [0.2, 0.25) is 0 Å². The molecular weight excluding hydrogens is 564 g/mol. The van der Waals surface area contributed by atoms with Gasteiger partial charge in [-0.25, -0.2) is 0 Å². The quantitative estimate of drug-likeness (QED) is 0.118. The number of fused-ring (bicyclic) bond motifs is 3. The molecule has 0 N–H and O–H groups in total. The third-order valence-electron chi connectivity index (χ3n) is 7.06. The summed E-state index contributed by atoms with van der Waals surface area (Å²) in [5, 5.41) is 41.4. The van der Waals surface area contributed by atoms with Gasteiger partial charge in [-0.15, -0.1) is 20.5 Å². The number of hydrogen-bond donors (Lipinski definition) is 0. The Hall–Kier alpha value is -5.52. The molecule has 230 valence electrons. The fourth-order valence-electron chi connectivity index (χ4n) is 5.33. The highest BCUT2D eigenvalue weighted by Gasteiger charge is 2.46. The molecule has 0 radical (unpaired) electrons. The highest BCUT2D eigenvalue weighted by molar-refractivity contribution is 5.88. The lowest BCUT2D eigenvalue weighted by Crippen LogP contribution is -2.28. The zero-order chi connectivity index (χ0) is 32.1. The van der Waals surface area contributed by atoms with Crippen LogP contribution in [0.15, 0.2) is 126 Å². The van der Waals surface area contributed by atoms with Crippen molar-refractivity contribution in [2.75, 3.05) is 56.4 Å². The molecule has 0 fully saturated rings. The molecule has 4 aromatic carbocycles. The summed E-state index contributed by atoms with van der Waals surface area (Å²) in [6.45, 7) is 0. The Morgan fingerprint density at radius 3 is 0.978 bits per heavy atom. The highest BCUT2D eigenvalue weighted by Crippen LogP contribution is 2.57. The average molecular weight is 603 g/mol. The zero-order valence-corrected chi connectivity index (χ0v) is 26.9. The molecule has 0 aromatic heterocycles. The van der Waals surface area contributed by atoms with E-state index in [4.69, 9.17) is 0 Å². The molecule has 0 unspecified atom stereocenters. The summed E-state index contributed by atoms with van der Waals surface area (Å²) in [5.41, 5.74) is 8.77. The summed E-state index contributed by atoms with van der Waals surface area (Å²) < 4.78 is 0. The van der Waals surface area contributed by atoms with Crippen molar-refractivity contribution in [3.63, 3.8) is 0 Å². The van der Waals surface area contributed by atoms with Gasteiger partial charge in [0.1, 0.15) is 0 Å². The molecule has 0 saturated carbocycles. The Balaban J connectivity index is 1.82. The maximum Gasteiger partial charge on any atom is 0.0877 e. The summed E-state index contributed by atoms with van der Waals surface area (Å²) in [4.78, 5) is 0. The Labute approximate surface area is 264 Å². The summed E-state index contributed by atoms with van der Waals surface area (Å²) in [6, 6.07) is 28.9. The number of rotatable bonds is 10. The van der Waals surface area contributed by atoms with Crippen LogP contribution in [-0.4, -0.2) is 76.4 Å². The second kappa shape index (κ2) is 13.0. The lowest BCUT2D eigenvalue weighted by molar-refractivity contribution is 0.408. The first kappa shape index (κ1) is 30.9. The number of hydrogen-bond acceptors (Lipinski definition) is 8. The minimum absolute atomic E-state index is 0.730. The molecule has 0 bridgehead atoms. The summed E-state index contributed by atoms with van der Waals surface area (Å²) in [7, 11) is 14.8. The van der Waals surface area contributed by atoms with Crippen molar-refractivity contribution in [3.8, 4) is 11.1 Å². The maximum atomic E-state index is 4.52. The van der Waals surface area contributed by atoms with Crippen LogP contribution in [0, 0.1) is 0 Å². The van der Waals surface area contributed by atoms with Crippen LogP contribution in [0.25, 0.3) is 11.1 Å². The Kier molecular flexibility index (Phi) is 8.93. The van der Waals surface area contributed by atoms with Gasteiger partial charge in [0.15, 0.2) is 0 Å². The van der Waals surface area contributed by atoms with E-state index in [1.807, 2.05) is 92.8 Å². The first-order valence-corrected chi connectivity index (χ1v) is 14.4. The van der Waals surface area contributed by atoms with E-state index in [1.54, 1.807) is 20.0 Å². The van der Waals surface area contributed by atoms with E-state index in [-0.39, 0.29) is 0 Å². The smallest absolute Gasteiger partial charge is 0.0877 e. The molecule has 1 aliphatic rings. The topological polar surface area (TPSA) is 112 Å². The van der Waals surface area contributed by atoms with E-state index in [2.05, 4.69) is 89.9 Å². The average Bonchev–Trinajstić information content (AvgIpc) is 3.31. The van der Waals surface area contributed by atoms with Crippen molar-refractivity contribution in [2.45, 2.75) is 5.41 Å². The van der Waals surface area contributed by atoms with Gasteiger partial charge in [0, 0.05) is 56.4 Å². The van der Waals surface area contributed by atoms with Crippen molar-refractivity contribution in [1.82, 2.24) is 20.0 Å². The third-order valence-corrected chi connectivity index (χ3v) is 7.06. The molecular formula is C33H38N12. The zero-order valence-electron chi connectivity index (χ0n) is 26.9. The van der Waals surface area contributed by atoms with Gasteiger partial charge >= 0.3 is 0 Å². The van der Waals surface area contributed by atoms with Crippen molar-refractivity contribution in [3.05, 3.63) is 107 Å². The summed E-state index contributed by atoms with van der Waals surface area (Å²) >= 11 is 0. The molecule has 0 spiro atoms. The van der Waals surface area contributed by atoms with E-state index in [0.717, 1.165) is 56.1 Å². The fraction of sp³-hybridized carbons (Fsp3) is 0.273. The van der Waals surface area contributed by atoms with Crippen molar-refractivity contribution < 1.29 is 0 Å². The molecule has 0 saturated heterocycles. The molecule has 0 amide bonds. The van der Waals surface area contributed by atoms with Gasteiger partial charge in [0.05, 0.1) is 28.2 Å². The lowest BCUT2D eigenvalue weighted by atomic mass is 9.67. The van der Waals surface area contributed by atoms with Crippen LogP contribution in [0.1, 0.15) is 22.3 Å². The Bertz CT molecular complexity index is 1620. The number of nitrogens with zero attached hydrogens (tertiary/aromatic N) is 12. The van der Waals surface area contributed by atoms with Crippen LogP contribution in [0.3, 0.4) is 0 Å². The third kappa shape index (κ3) is 6.54. The molecule has 0 aliphatic heterocycles.